The molecule has 0 spiro atoms. The number of benzene rings is 1. The molecule has 0 atom stereocenters. The molecular formula is C11H6IrNO-. The summed E-state index contributed by atoms with van der Waals surface area (Å²) in [4.78, 5) is 4.24. The zero-order chi connectivity index (χ0) is 8.67. The summed E-state index contributed by atoms with van der Waals surface area (Å²) in [7, 11) is 0. The Bertz CT molecular complexity index is 523. The maximum absolute atomic E-state index is 5.56. The standard InChI is InChI=1S/C11H6NO.Ir/c1-2-5-9-8(4-1)11-10(13-9)6-3-7-12-11;/h1-3,5-7H;/q-1;. The van der Waals surface area contributed by atoms with Crippen molar-refractivity contribution in [1.29, 1.82) is 0 Å². The van der Waals surface area contributed by atoms with Crippen molar-refractivity contribution in [3.05, 3.63) is 42.6 Å². The Kier molecular flexibility index (Phi) is 2.36. The number of furan rings is 1. The minimum atomic E-state index is 0. The van der Waals surface area contributed by atoms with Gasteiger partial charge in [0.15, 0.2) is 0 Å². The Hall–Kier alpha value is -1.18. The van der Waals surface area contributed by atoms with Crippen LogP contribution in [-0.2, 0) is 20.1 Å². The number of aromatic nitrogens is 1. The molecule has 2 heterocycles. The van der Waals surface area contributed by atoms with Crippen LogP contribution in [0.3, 0.4) is 0 Å². The van der Waals surface area contributed by atoms with E-state index in [4.69, 9.17) is 4.42 Å². The van der Waals surface area contributed by atoms with Gasteiger partial charge in [0, 0.05) is 37.4 Å². The third-order valence-corrected chi connectivity index (χ3v) is 2.05. The number of hydrogen-bond acceptors (Lipinski definition) is 2. The quantitative estimate of drug-likeness (QED) is 0.576. The summed E-state index contributed by atoms with van der Waals surface area (Å²) in [6.45, 7) is 0. The third-order valence-electron chi connectivity index (χ3n) is 2.05. The molecule has 3 aromatic rings. The van der Waals surface area contributed by atoms with Gasteiger partial charge in [0.25, 0.3) is 0 Å². The summed E-state index contributed by atoms with van der Waals surface area (Å²) in [5, 5.41) is 0.957. The van der Waals surface area contributed by atoms with E-state index >= 15 is 0 Å². The van der Waals surface area contributed by atoms with Gasteiger partial charge in [-0.15, -0.1) is 24.3 Å². The smallest absolute Gasteiger partial charge is 0.0984 e. The van der Waals surface area contributed by atoms with Crippen molar-refractivity contribution in [2.24, 2.45) is 0 Å². The first kappa shape index (κ1) is 9.38. The summed E-state index contributed by atoms with van der Waals surface area (Å²) in [5.74, 6) is 0. The second-order valence-corrected chi connectivity index (χ2v) is 2.86. The number of nitrogens with zero attached hydrogens (tertiary/aromatic N) is 1. The normalized spacial score (nSPS) is 10.3. The summed E-state index contributed by atoms with van der Waals surface area (Å²) < 4.78 is 5.56. The molecule has 0 saturated heterocycles. The van der Waals surface area contributed by atoms with Gasteiger partial charge in [0.2, 0.25) is 0 Å². The van der Waals surface area contributed by atoms with Gasteiger partial charge >= 0.3 is 0 Å². The Balaban J connectivity index is 0.000000750. The maximum atomic E-state index is 5.56. The van der Waals surface area contributed by atoms with Crippen LogP contribution in [0, 0.1) is 6.07 Å². The van der Waals surface area contributed by atoms with E-state index in [0.717, 1.165) is 22.1 Å². The predicted molar refractivity (Wildman–Crippen MR) is 50.4 cm³/mol. The molecule has 0 aliphatic rings. The average molecular weight is 360 g/mol. The Morgan fingerprint density at radius 3 is 2.93 bits per heavy atom. The van der Waals surface area contributed by atoms with Gasteiger partial charge in [-0.05, 0) is 12.1 Å². The monoisotopic (exact) mass is 361 g/mol. The molecule has 0 aliphatic heterocycles. The van der Waals surface area contributed by atoms with Gasteiger partial charge in [0.1, 0.15) is 0 Å². The van der Waals surface area contributed by atoms with Crippen LogP contribution in [0.25, 0.3) is 22.1 Å². The van der Waals surface area contributed by atoms with Gasteiger partial charge in [-0.1, -0.05) is 5.39 Å². The maximum Gasteiger partial charge on any atom is 0.0984 e. The summed E-state index contributed by atoms with van der Waals surface area (Å²) in [6, 6.07) is 12.6. The minimum absolute atomic E-state index is 0. The second kappa shape index (κ2) is 3.52. The van der Waals surface area contributed by atoms with Crippen molar-refractivity contribution < 1.29 is 24.5 Å². The van der Waals surface area contributed by atoms with Crippen LogP contribution in [0.4, 0.5) is 0 Å². The molecule has 2 nitrogen and oxygen atoms in total. The fourth-order valence-corrected chi connectivity index (χ4v) is 1.47. The fourth-order valence-electron chi connectivity index (χ4n) is 1.47. The van der Waals surface area contributed by atoms with E-state index in [-0.39, 0.29) is 20.1 Å². The first-order valence-electron chi connectivity index (χ1n) is 4.09. The Morgan fingerprint density at radius 1 is 1.14 bits per heavy atom. The van der Waals surface area contributed by atoms with Gasteiger partial charge in [-0.25, -0.2) is 0 Å². The molecule has 0 fully saturated rings. The second-order valence-electron chi connectivity index (χ2n) is 2.86. The van der Waals surface area contributed by atoms with Crippen LogP contribution in [0.1, 0.15) is 0 Å². The van der Waals surface area contributed by atoms with Crippen molar-refractivity contribution in [1.82, 2.24) is 4.98 Å². The SMILES string of the molecule is [Ir].[c-]1cccc2oc3cccnc3c12. The largest absolute Gasteiger partial charge is 0.509 e. The third kappa shape index (κ3) is 1.26. The van der Waals surface area contributed by atoms with E-state index in [9.17, 15) is 0 Å². The minimum Gasteiger partial charge on any atom is -0.509 e. The molecule has 1 aromatic carbocycles. The van der Waals surface area contributed by atoms with Crippen LogP contribution < -0.4 is 0 Å². The summed E-state index contributed by atoms with van der Waals surface area (Å²) in [5.41, 5.74) is 2.55. The van der Waals surface area contributed by atoms with Gasteiger partial charge in [-0.3, -0.25) is 0 Å². The number of pyridine rings is 1. The van der Waals surface area contributed by atoms with E-state index in [0.29, 0.717) is 0 Å². The van der Waals surface area contributed by atoms with Crippen LogP contribution in [0.15, 0.2) is 40.9 Å². The predicted octanol–water partition coefficient (Wildman–Crippen LogP) is 2.78. The molecule has 3 heteroatoms. The number of rotatable bonds is 0. The van der Waals surface area contributed by atoms with E-state index < -0.39 is 0 Å². The van der Waals surface area contributed by atoms with Gasteiger partial charge < -0.3 is 9.40 Å². The molecule has 0 unspecified atom stereocenters. The van der Waals surface area contributed by atoms with Crippen molar-refractivity contribution in [2.75, 3.05) is 0 Å². The molecule has 0 amide bonds. The number of fused-ring (bicyclic) bond motifs is 3. The molecule has 71 valence electrons. The van der Waals surface area contributed by atoms with E-state index in [1.54, 1.807) is 6.20 Å². The van der Waals surface area contributed by atoms with E-state index in [1.165, 1.54) is 0 Å². The van der Waals surface area contributed by atoms with Crippen molar-refractivity contribution in [3.63, 3.8) is 0 Å². The van der Waals surface area contributed by atoms with Crippen molar-refractivity contribution >= 4 is 22.1 Å². The van der Waals surface area contributed by atoms with Crippen LogP contribution in [0.5, 0.6) is 0 Å². The van der Waals surface area contributed by atoms with Crippen LogP contribution in [-0.4, -0.2) is 4.98 Å². The summed E-state index contributed by atoms with van der Waals surface area (Å²) in [6.07, 6.45) is 1.76. The molecule has 1 radical (unpaired) electrons. The first-order chi connectivity index (χ1) is 6.45. The molecule has 0 bridgehead atoms. The summed E-state index contributed by atoms with van der Waals surface area (Å²) >= 11 is 0. The van der Waals surface area contributed by atoms with Crippen LogP contribution >= 0.6 is 0 Å². The molecule has 2 aromatic heterocycles. The van der Waals surface area contributed by atoms with Gasteiger partial charge in [-0.2, -0.15) is 0 Å². The van der Waals surface area contributed by atoms with E-state index in [2.05, 4.69) is 11.1 Å². The molecular weight excluding hydrogens is 354 g/mol. The topological polar surface area (TPSA) is 26.0 Å². The molecule has 0 aliphatic carbocycles. The zero-order valence-electron chi connectivity index (χ0n) is 7.15. The fraction of sp³-hybridized carbons (Fsp3) is 0. The Morgan fingerprint density at radius 2 is 2.00 bits per heavy atom. The Labute approximate surface area is 94.3 Å². The number of hydrogen-bond donors (Lipinski definition) is 0. The zero-order valence-corrected chi connectivity index (χ0v) is 9.55. The van der Waals surface area contributed by atoms with E-state index in [1.807, 2.05) is 30.3 Å². The van der Waals surface area contributed by atoms with Gasteiger partial charge in [0.05, 0.1) is 5.58 Å². The average Bonchev–Trinajstić information content (AvgIpc) is 2.56. The van der Waals surface area contributed by atoms with Crippen LogP contribution in [0.2, 0.25) is 0 Å². The van der Waals surface area contributed by atoms with Crippen molar-refractivity contribution in [3.8, 4) is 0 Å². The molecule has 0 saturated carbocycles. The molecule has 14 heavy (non-hydrogen) atoms. The first-order valence-corrected chi connectivity index (χ1v) is 4.09. The molecule has 3 rings (SSSR count). The van der Waals surface area contributed by atoms with Crippen molar-refractivity contribution in [2.45, 2.75) is 0 Å². The molecule has 0 N–H and O–H groups in total.